The number of nitrogens with two attached hydrogens (primary N) is 1. The average Bonchev–Trinajstić information content (AvgIpc) is 2.83. The summed E-state index contributed by atoms with van der Waals surface area (Å²) in [6.07, 6.45) is 0. The molecule has 0 amide bonds. The van der Waals surface area contributed by atoms with Crippen molar-refractivity contribution in [2.75, 3.05) is 5.73 Å². The van der Waals surface area contributed by atoms with Crippen molar-refractivity contribution in [1.29, 1.82) is 0 Å². The van der Waals surface area contributed by atoms with Gasteiger partial charge in [-0.15, -0.1) is 0 Å². The summed E-state index contributed by atoms with van der Waals surface area (Å²) in [5.74, 6) is -0.674. The molecule has 2 aromatic carbocycles. The molecule has 0 spiro atoms. The minimum atomic E-state index is -0.494. The van der Waals surface area contributed by atoms with E-state index in [2.05, 4.69) is 21.1 Å². The van der Waals surface area contributed by atoms with Crippen molar-refractivity contribution in [1.82, 2.24) is 5.16 Å². The van der Waals surface area contributed by atoms with Gasteiger partial charge in [0.05, 0.1) is 15.6 Å². The summed E-state index contributed by atoms with van der Waals surface area (Å²) in [7, 11) is 0. The van der Waals surface area contributed by atoms with Gasteiger partial charge >= 0.3 is 0 Å². The first-order valence-electron chi connectivity index (χ1n) is 6.03. The number of anilines is 1. The van der Waals surface area contributed by atoms with Crippen molar-refractivity contribution < 1.29 is 13.3 Å². The summed E-state index contributed by atoms with van der Waals surface area (Å²) in [4.78, 5) is 0. The van der Waals surface area contributed by atoms with Crippen molar-refractivity contribution in [3.8, 4) is 22.5 Å². The molecule has 6 heteroatoms. The summed E-state index contributed by atoms with van der Waals surface area (Å²) in [5.41, 5.74) is 6.83. The molecule has 0 aliphatic rings. The molecule has 3 rings (SSSR count). The maximum atomic E-state index is 14.2. The van der Waals surface area contributed by atoms with Gasteiger partial charge in [-0.2, -0.15) is 0 Å². The van der Waals surface area contributed by atoms with Crippen LogP contribution in [0.15, 0.2) is 51.5 Å². The van der Waals surface area contributed by atoms with Crippen LogP contribution in [0.5, 0.6) is 0 Å². The molecule has 0 saturated heterocycles. The number of benzene rings is 2. The zero-order valence-electron chi connectivity index (χ0n) is 10.6. The first-order valence-corrected chi connectivity index (χ1v) is 6.82. The largest absolute Gasteiger partial charge is 0.380 e. The highest BCUT2D eigenvalue weighted by Gasteiger charge is 2.21. The molecule has 2 N–H and O–H groups in total. The topological polar surface area (TPSA) is 52.0 Å². The lowest BCUT2D eigenvalue weighted by Crippen LogP contribution is -1.91. The van der Waals surface area contributed by atoms with E-state index in [4.69, 9.17) is 10.3 Å². The maximum Gasteiger partial charge on any atom is 0.179 e. The van der Waals surface area contributed by atoms with Gasteiger partial charge in [0.25, 0.3) is 0 Å². The molecule has 0 atom stereocenters. The SMILES string of the molecule is Nc1noc(-c2cccc(Br)c2F)c1-c1cccc(F)c1. The van der Waals surface area contributed by atoms with Crippen LogP contribution >= 0.6 is 15.9 Å². The summed E-state index contributed by atoms with van der Waals surface area (Å²) >= 11 is 3.11. The average molecular weight is 351 g/mol. The van der Waals surface area contributed by atoms with Crippen LogP contribution in [-0.4, -0.2) is 5.16 Å². The van der Waals surface area contributed by atoms with Gasteiger partial charge in [0.15, 0.2) is 11.6 Å². The molecule has 0 aliphatic heterocycles. The highest BCUT2D eigenvalue weighted by molar-refractivity contribution is 9.10. The van der Waals surface area contributed by atoms with Crippen LogP contribution in [0.25, 0.3) is 22.5 Å². The number of aromatic nitrogens is 1. The Bertz CT molecular complexity index is 817. The molecule has 0 bridgehead atoms. The van der Waals surface area contributed by atoms with E-state index in [1.807, 2.05) is 0 Å². The highest BCUT2D eigenvalue weighted by atomic mass is 79.9. The summed E-state index contributed by atoms with van der Waals surface area (Å²) in [6, 6.07) is 10.6. The van der Waals surface area contributed by atoms with Crippen molar-refractivity contribution >= 4 is 21.7 Å². The number of nitrogen functional groups attached to an aromatic ring is 1. The van der Waals surface area contributed by atoms with Gasteiger partial charge in [-0.1, -0.05) is 23.4 Å². The summed E-state index contributed by atoms with van der Waals surface area (Å²) in [5, 5.41) is 3.67. The van der Waals surface area contributed by atoms with Gasteiger partial charge in [0.1, 0.15) is 11.6 Å². The van der Waals surface area contributed by atoms with E-state index in [-0.39, 0.29) is 17.1 Å². The summed E-state index contributed by atoms with van der Waals surface area (Å²) < 4.78 is 33.1. The lowest BCUT2D eigenvalue weighted by Gasteiger charge is -2.05. The van der Waals surface area contributed by atoms with Crippen LogP contribution in [0.2, 0.25) is 0 Å². The molecule has 0 saturated carbocycles. The van der Waals surface area contributed by atoms with Crippen LogP contribution in [0.4, 0.5) is 14.6 Å². The molecular formula is C15H9BrF2N2O. The lowest BCUT2D eigenvalue weighted by molar-refractivity contribution is 0.433. The lowest BCUT2D eigenvalue weighted by atomic mass is 10.0. The minimum Gasteiger partial charge on any atom is -0.380 e. The minimum absolute atomic E-state index is 0.0787. The first kappa shape index (κ1) is 13.8. The Hall–Kier alpha value is -2.21. The summed E-state index contributed by atoms with van der Waals surface area (Å²) in [6.45, 7) is 0. The Balaban J connectivity index is 2.24. The Morgan fingerprint density at radius 1 is 1.10 bits per heavy atom. The second-order valence-electron chi connectivity index (χ2n) is 4.38. The molecule has 0 aliphatic carbocycles. The molecule has 1 heterocycles. The van der Waals surface area contributed by atoms with E-state index in [0.717, 1.165) is 0 Å². The number of halogens is 3. The van der Waals surface area contributed by atoms with Gasteiger partial charge in [-0.25, -0.2) is 8.78 Å². The number of hydrogen-bond donors (Lipinski definition) is 1. The zero-order chi connectivity index (χ0) is 15.0. The third kappa shape index (κ3) is 2.42. The number of rotatable bonds is 2. The van der Waals surface area contributed by atoms with Crippen molar-refractivity contribution in [2.24, 2.45) is 0 Å². The number of hydrogen-bond acceptors (Lipinski definition) is 3. The highest BCUT2D eigenvalue weighted by Crippen LogP contribution is 2.38. The predicted molar refractivity (Wildman–Crippen MR) is 79.4 cm³/mol. The van der Waals surface area contributed by atoms with Gasteiger partial charge in [0.2, 0.25) is 0 Å². The third-order valence-corrected chi connectivity index (χ3v) is 3.64. The zero-order valence-corrected chi connectivity index (χ0v) is 12.2. The quantitative estimate of drug-likeness (QED) is 0.732. The molecule has 0 fully saturated rings. The fourth-order valence-corrected chi connectivity index (χ4v) is 2.45. The van der Waals surface area contributed by atoms with E-state index in [1.165, 1.54) is 18.2 Å². The first-order chi connectivity index (χ1) is 10.1. The van der Waals surface area contributed by atoms with Crippen molar-refractivity contribution in [3.05, 3.63) is 58.6 Å². The second-order valence-corrected chi connectivity index (χ2v) is 5.24. The second kappa shape index (κ2) is 5.29. The fraction of sp³-hybridized carbons (Fsp3) is 0. The van der Waals surface area contributed by atoms with E-state index in [9.17, 15) is 8.78 Å². The maximum absolute atomic E-state index is 14.2. The molecule has 1 aromatic heterocycles. The van der Waals surface area contributed by atoms with Crippen molar-refractivity contribution in [2.45, 2.75) is 0 Å². The van der Waals surface area contributed by atoms with Gasteiger partial charge in [-0.3, -0.25) is 0 Å². The monoisotopic (exact) mass is 350 g/mol. The Kier molecular flexibility index (Phi) is 3.47. The molecule has 3 aromatic rings. The normalized spacial score (nSPS) is 10.8. The molecular weight excluding hydrogens is 342 g/mol. The predicted octanol–water partition coefficient (Wildman–Crippen LogP) is 4.63. The van der Waals surface area contributed by atoms with Crippen molar-refractivity contribution in [3.63, 3.8) is 0 Å². The standard InChI is InChI=1S/C15H9BrF2N2O/c16-11-6-2-5-10(13(11)18)14-12(15(19)20-21-14)8-3-1-4-9(17)7-8/h1-7H,(H2,19,20). The van der Waals surface area contributed by atoms with Gasteiger partial charge in [-0.05, 0) is 45.8 Å². The molecule has 3 nitrogen and oxygen atoms in total. The van der Waals surface area contributed by atoms with Gasteiger partial charge in [0, 0.05) is 0 Å². The van der Waals surface area contributed by atoms with Crippen LogP contribution < -0.4 is 5.73 Å². The van der Waals surface area contributed by atoms with Crippen LogP contribution in [0, 0.1) is 11.6 Å². The Morgan fingerprint density at radius 3 is 2.62 bits per heavy atom. The fourth-order valence-electron chi connectivity index (χ4n) is 2.09. The molecule has 21 heavy (non-hydrogen) atoms. The van der Waals surface area contributed by atoms with E-state index in [0.29, 0.717) is 15.6 Å². The van der Waals surface area contributed by atoms with Crippen LogP contribution in [0.3, 0.4) is 0 Å². The molecule has 106 valence electrons. The Labute approximate surface area is 127 Å². The van der Waals surface area contributed by atoms with Gasteiger partial charge < -0.3 is 10.3 Å². The molecule has 0 unspecified atom stereocenters. The van der Waals surface area contributed by atoms with E-state index < -0.39 is 11.6 Å². The number of nitrogens with zero attached hydrogens (tertiary/aromatic N) is 1. The van der Waals surface area contributed by atoms with Crippen LogP contribution in [-0.2, 0) is 0 Å². The van der Waals surface area contributed by atoms with E-state index >= 15 is 0 Å². The van der Waals surface area contributed by atoms with E-state index in [1.54, 1.807) is 24.3 Å². The Morgan fingerprint density at radius 2 is 1.86 bits per heavy atom. The third-order valence-electron chi connectivity index (χ3n) is 3.03. The molecule has 0 radical (unpaired) electrons. The van der Waals surface area contributed by atoms with Crippen LogP contribution in [0.1, 0.15) is 0 Å². The smallest absolute Gasteiger partial charge is 0.179 e.